The van der Waals surface area contributed by atoms with Gasteiger partial charge >= 0.3 is 0 Å². The molecule has 176 valence electrons. The van der Waals surface area contributed by atoms with Crippen LogP contribution >= 0.6 is 0 Å². The van der Waals surface area contributed by atoms with E-state index in [2.05, 4.69) is 5.32 Å². The van der Waals surface area contributed by atoms with E-state index < -0.39 is 15.9 Å². The number of ether oxygens (including phenoxy) is 1. The molecule has 34 heavy (non-hydrogen) atoms. The zero-order chi connectivity index (χ0) is 23.7. The smallest absolute Gasteiger partial charge is 0.243 e. The van der Waals surface area contributed by atoms with E-state index >= 15 is 0 Å². The van der Waals surface area contributed by atoms with Gasteiger partial charge in [0, 0.05) is 37.1 Å². The zero-order valence-corrected chi connectivity index (χ0v) is 19.3. The largest absolute Gasteiger partial charge is 0.379 e. The molecular formula is C25H25N3O5S. The van der Waals surface area contributed by atoms with Crippen LogP contribution in [0.2, 0.25) is 0 Å². The highest BCUT2D eigenvalue weighted by Gasteiger charge is 2.36. The summed E-state index contributed by atoms with van der Waals surface area (Å²) in [5, 5.41) is 4.83. The van der Waals surface area contributed by atoms with Crippen molar-refractivity contribution in [3.05, 3.63) is 66.7 Å². The highest BCUT2D eigenvalue weighted by Crippen LogP contribution is 2.32. The highest BCUT2D eigenvalue weighted by atomic mass is 32.2. The maximum Gasteiger partial charge on any atom is 0.243 e. The molecule has 2 aliphatic rings. The first-order valence-electron chi connectivity index (χ1n) is 11.2. The number of anilines is 2. The van der Waals surface area contributed by atoms with Crippen LogP contribution in [-0.2, 0) is 24.3 Å². The molecule has 0 radical (unpaired) electrons. The fraction of sp³-hybridized carbons (Fsp3) is 0.280. The van der Waals surface area contributed by atoms with Crippen molar-refractivity contribution in [3.8, 4) is 0 Å². The molecule has 5 rings (SSSR count). The van der Waals surface area contributed by atoms with Crippen LogP contribution in [0.15, 0.2) is 71.6 Å². The van der Waals surface area contributed by atoms with E-state index in [0.717, 1.165) is 16.5 Å². The Bertz CT molecular complexity index is 1330. The maximum absolute atomic E-state index is 12.9. The van der Waals surface area contributed by atoms with Crippen molar-refractivity contribution in [1.29, 1.82) is 0 Å². The predicted molar refractivity (Wildman–Crippen MR) is 129 cm³/mol. The lowest BCUT2D eigenvalue weighted by atomic mass is 10.1. The molecule has 1 atom stereocenters. The highest BCUT2D eigenvalue weighted by molar-refractivity contribution is 7.89. The van der Waals surface area contributed by atoms with Gasteiger partial charge in [-0.1, -0.05) is 36.4 Å². The molecule has 1 unspecified atom stereocenters. The van der Waals surface area contributed by atoms with Crippen molar-refractivity contribution in [2.75, 3.05) is 43.1 Å². The Morgan fingerprint density at radius 3 is 2.41 bits per heavy atom. The van der Waals surface area contributed by atoms with Crippen molar-refractivity contribution < 1.29 is 22.7 Å². The van der Waals surface area contributed by atoms with E-state index in [-0.39, 0.29) is 23.1 Å². The van der Waals surface area contributed by atoms with E-state index in [9.17, 15) is 18.0 Å². The molecule has 2 heterocycles. The minimum atomic E-state index is -3.60. The quantitative estimate of drug-likeness (QED) is 0.607. The van der Waals surface area contributed by atoms with E-state index in [1.54, 1.807) is 17.0 Å². The average Bonchev–Trinajstić information content (AvgIpc) is 3.26. The Labute approximate surface area is 198 Å². The second-order valence-electron chi connectivity index (χ2n) is 8.43. The molecule has 2 fully saturated rings. The van der Waals surface area contributed by atoms with Gasteiger partial charge in [-0.05, 0) is 35.7 Å². The van der Waals surface area contributed by atoms with Crippen LogP contribution in [0.4, 0.5) is 11.4 Å². The van der Waals surface area contributed by atoms with E-state index in [1.165, 1.54) is 16.4 Å². The normalized spacial score (nSPS) is 19.5. The lowest BCUT2D eigenvalue weighted by molar-refractivity contribution is -0.122. The minimum absolute atomic E-state index is 0.0940. The van der Waals surface area contributed by atoms with Crippen molar-refractivity contribution in [1.82, 2.24) is 4.31 Å². The number of fused-ring (bicyclic) bond motifs is 1. The predicted octanol–water partition coefficient (Wildman–Crippen LogP) is 2.85. The summed E-state index contributed by atoms with van der Waals surface area (Å²) in [5.41, 5.74) is 1.29. The molecule has 0 aromatic heterocycles. The molecule has 2 aliphatic heterocycles. The fourth-order valence-electron chi connectivity index (χ4n) is 4.45. The minimum Gasteiger partial charge on any atom is -0.379 e. The lowest BCUT2D eigenvalue weighted by Gasteiger charge is -2.26. The van der Waals surface area contributed by atoms with Crippen LogP contribution in [0.1, 0.15) is 6.42 Å². The average molecular weight is 480 g/mol. The second kappa shape index (κ2) is 9.17. The SMILES string of the molecule is O=C(Nc1ccc(S(=O)(=O)N2CCOCC2)cc1)C1CC(=O)N(c2cccc3ccccc23)C1. The lowest BCUT2D eigenvalue weighted by Crippen LogP contribution is -2.40. The zero-order valence-electron chi connectivity index (χ0n) is 18.5. The summed E-state index contributed by atoms with van der Waals surface area (Å²) in [6.45, 7) is 1.70. The van der Waals surface area contributed by atoms with Gasteiger partial charge < -0.3 is 15.0 Å². The van der Waals surface area contributed by atoms with Crippen molar-refractivity contribution >= 4 is 44.0 Å². The number of morpholine rings is 1. The van der Waals surface area contributed by atoms with Crippen molar-refractivity contribution in [3.63, 3.8) is 0 Å². The summed E-state index contributed by atoms with van der Waals surface area (Å²) >= 11 is 0. The molecule has 0 spiro atoms. The van der Waals surface area contributed by atoms with Gasteiger partial charge in [0.25, 0.3) is 0 Å². The van der Waals surface area contributed by atoms with Crippen LogP contribution in [0.25, 0.3) is 10.8 Å². The number of amides is 2. The monoisotopic (exact) mass is 479 g/mol. The van der Waals surface area contributed by atoms with E-state index in [4.69, 9.17) is 4.74 Å². The molecule has 3 aromatic carbocycles. The van der Waals surface area contributed by atoms with Gasteiger partial charge in [0.15, 0.2) is 0 Å². The van der Waals surface area contributed by atoms with Gasteiger partial charge in [-0.15, -0.1) is 0 Å². The first-order chi connectivity index (χ1) is 16.4. The summed E-state index contributed by atoms with van der Waals surface area (Å²) in [4.78, 5) is 27.5. The maximum atomic E-state index is 12.9. The van der Waals surface area contributed by atoms with Crippen LogP contribution in [-0.4, -0.2) is 57.4 Å². The Morgan fingerprint density at radius 1 is 0.941 bits per heavy atom. The molecule has 2 amide bonds. The summed E-state index contributed by atoms with van der Waals surface area (Å²) in [6, 6.07) is 19.8. The third-order valence-electron chi connectivity index (χ3n) is 6.28. The van der Waals surface area contributed by atoms with Gasteiger partial charge in [0.2, 0.25) is 21.8 Å². The molecule has 0 bridgehead atoms. The number of carbonyl (C=O) groups is 2. The third-order valence-corrected chi connectivity index (χ3v) is 8.20. The van der Waals surface area contributed by atoms with Crippen LogP contribution in [0.3, 0.4) is 0 Å². The Kier molecular flexibility index (Phi) is 6.07. The summed E-state index contributed by atoms with van der Waals surface area (Å²) in [7, 11) is -3.60. The van der Waals surface area contributed by atoms with Gasteiger partial charge in [-0.3, -0.25) is 9.59 Å². The Balaban J connectivity index is 1.27. The Morgan fingerprint density at radius 2 is 1.65 bits per heavy atom. The van der Waals surface area contributed by atoms with E-state index in [1.807, 2.05) is 42.5 Å². The second-order valence-corrected chi connectivity index (χ2v) is 10.4. The first-order valence-corrected chi connectivity index (χ1v) is 12.6. The topological polar surface area (TPSA) is 96.0 Å². The van der Waals surface area contributed by atoms with Crippen LogP contribution in [0.5, 0.6) is 0 Å². The molecule has 1 N–H and O–H groups in total. The molecule has 0 saturated carbocycles. The summed E-state index contributed by atoms with van der Waals surface area (Å²) < 4.78 is 32.2. The number of hydrogen-bond acceptors (Lipinski definition) is 5. The number of nitrogens with zero attached hydrogens (tertiary/aromatic N) is 2. The van der Waals surface area contributed by atoms with Gasteiger partial charge in [0.1, 0.15) is 0 Å². The summed E-state index contributed by atoms with van der Waals surface area (Å²) in [6.07, 6.45) is 0.124. The molecule has 9 heteroatoms. The number of benzene rings is 3. The standard InChI is InChI=1S/C25H25N3O5S/c29-24-16-19(17-28(24)23-7-3-5-18-4-1-2-6-22(18)23)25(30)26-20-8-10-21(11-9-20)34(31,32)27-12-14-33-15-13-27/h1-11,19H,12-17H2,(H,26,30). The van der Waals surface area contributed by atoms with Gasteiger partial charge in [-0.2, -0.15) is 4.31 Å². The van der Waals surface area contributed by atoms with Gasteiger partial charge in [0.05, 0.1) is 29.7 Å². The fourth-order valence-corrected chi connectivity index (χ4v) is 5.86. The van der Waals surface area contributed by atoms with Crippen molar-refractivity contribution in [2.45, 2.75) is 11.3 Å². The molecule has 2 saturated heterocycles. The number of rotatable bonds is 5. The molecular weight excluding hydrogens is 454 g/mol. The summed E-state index contributed by atoms with van der Waals surface area (Å²) in [5.74, 6) is -0.855. The number of sulfonamides is 1. The molecule has 0 aliphatic carbocycles. The third kappa shape index (κ3) is 4.29. The van der Waals surface area contributed by atoms with Crippen LogP contribution in [0, 0.1) is 5.92 Å². The van der Waals surface area contributed by atoms with Crippen LogP contribution < -0.4 is 10.2 Å². The molecule has 8 nitrogen and oxygen atoms in total. The number of carbonyl (C=O) groups excluding carboxylic acids is 2. The first kappa shape index (κ1) is 22.5. The molecule has 3 aromatic rings. The number of hydrogen-bond donors (Lipinski definition) is 1. The Hall–Kier alpha value is -3.27. The number of nitrogens with one attached hydrogen (secondary N) is 1. The van der Waals surface area contributed by atoms with E-state index in [0.29, 0.717) is 38.5 Å². The van der Waals surface area contributed by atoms with Gasteiger partial charge in [-0.25, -0.2) is 8.42 Å². The van der Waals surface area contributed by atoms with Crippen molar-refractivity contribution in [2.24, 2.45) is 5.92 Å².